The Hall–Kier alpha value is -0.0800. The van der Waals surface area contributed by atoms with Crippen molar-refractivity contribution in [3.63, 3.8) is 0 Å². The lowest BCUT2D eigenvalue weighted by Gasteiger charge is -2.49. The summed E-state index contributed by atoms with van der Waals surface area (Å²) in [5.74, 6) is 0. The lowest BCUT2D eigenvalue weighted by atomic mass is 9.61. The van der Waals surface area contributed by atoms with Gasteiger partial charge in [0.1, 0.15) is 0 Å². The molecule has 1 atom stereocenters. The maximum Gasteiger partial charge on any atom is 0.0722 e. The molecule has 2 N–H and O–H groups in total. The fourth-order valence-electron chi connectivity index (χ4n) is 1.70. The molecule has 0 radical (unpaired) electrons. The maximum atomic E-state index is 9.97. The first kappa shape index (κ1) is 9.01. The molecule has 0 amide bonds. The van der Waals surface area contributed by atoms with Crippen molar-refractivity contribution < 1.29 is 10.2 Å². The smallest absolute Gasteiger partial charge is 0.0722 e. The minimum absolute atomic E-state index is 0.0972. The van der Waals surface area contributed by atoms with Crippen molar-refractivity contribution in [1.29, 1.82) is 0 Å². The minimum atomic E-state index is -0.573. The van der Waals surface area contributed by atoms with Crippen LogP contribution in [0.4, 0.5) is 0 Å². The quantitative estimate of drug-likeness (QED) is 0.650. The van der Waals surface area contributed by atoms with Gasteiger partial charge in [-0.2, -0.15) is 0 Å². The van der Waals surface area contributed by atoms with Crippen LogP contribution in [0.3, 0.4) is 0 Å². The minimum Gasteiger partial charge on any atom is -0.396 e. The lowest BCUT2D eigenvalue weighted by molar-refractivity contribution is -0.151. The summed E-state index contributed by atoms with van der Waals surface area (Å²) in [4.78, 5) is 0. The molecule has 0 heterocycles. The zero-order valence-corrected chi connectivity index (χ0v) is 7.43. The zero-order valence-electron chi connectivity index (χ0n) is 7.43. The van der Waals surface area contributed by atoms with E-state index in [1.54, 1.807) is 0 Å². The number of hydrogen-bond donors (Lipinski definition) is 2. The van der Waals surface area contributed by atoms with E-state index in [1.165, 1.54) is 0 Å². The summed E-state index contributed by atoms with van der Waals surface area (Å²) in [6.07, 6.45) is 3.67. The van der Waals surface area contributed by atoms with Crippen molar-refractivity contribution in [2.24, 2.45) is 5.41 Å². The second-order valence-electron chi connectivity index (χ2n) is 3.96. The third-order valence-corrected chi connectivity index (χ3v) is 3.43. The Morgan fingerprint density at radius 3 is 2.09 bits per heavy atom. The van der Waals surface area contributed by atoms with Crippen LogP contribution in [-0.2, 0) is 0 Å². The normalized spacial score (nSPS) is 27.3. The predicted octanol–water partition coefficient (Wildman–Crippen LogP) is 1.31. The maximum absolute atomic E-state index is 9.97. The van der Waals surface area contributed by atoms with Gasteiger partial charge < -0.3 is 10.2 Å². The fraction of sp³-hybridized carbons (Fsp3) is 1.00. The number of rotatable bonds is 3. The molecule has 1 saturated carbocycles. The van der Waals surface area contributed by atoms with Crippen molar-refractivity contribution in [1.82, 2.24) is 0 Å². The molecule has 2 nitrogen and oxygen atoms in total. The van der Waals surface area contributed by atoms with Crippen molar-refractivity contribution in [2.45, 2.75) is 45.1 Å². The predicted molar refractivity (Wildman–Crippen MR) is 44.3 cm³/mol. The summed E-state index contributed by atoms with van der Waals surface area (Å²) in [7, 11) is 0. The van der Waals surface area contributed by atoms with Gasteiger partial charge in [-0.1, -0.05) is 13.8 Å². The standard InChI is InChI=1S/C9H18O2/c1-3-8(2,7-10)9(11)5-4-6-9/h10-11H,3-7H2,1-2H3. The van der Waals surface area contributed by atoms with Crippen LogP contribution in [0.5, 0.6) is 0 Å². The van der Waals surface area contributed by atoms with E-state index < -0.39 is 5.60 Å². The van der Waals surface area contributed by atoms with Crippen molar-refractivity contribution in [2.75, 3.05) is 6.61 Å². The molecular weight excluding hydrogens is 140 g/mol. The molecule has 66 valence electrons. The fourth-order valence-corrected chi connectivity index (χ4v) is 1.70. The summed E-state index contributed by atoms with van der Waals surface area (Å²) in [5.41, 5.74) is -0.845. The summed E-state index contributed by atoms with van der Waals surface area (Å²) in [5, 5.41) is 19.1. The van der Waals surface area contributed by atoms with E-state index in [-0.39, 0.29) is 12.0 Å². The first-order valence-corrected chi connectivity index (χ1v) is 4.41. The SMILES string of the molecule is CCC(C)(CO)C1(O)CCC1. The van der Waals surface area contributed by atoms with Crippen molar-refractivity contribution >= 4 is 0 Å². The highest BCUT2D eigenvalue weighted by atomic mass is 16.3. The second kappa shape index (κ2) is 2.76. The number of hydrogen-bond acceptors (Lipinski definition) is 2. The third kappa shape index (κ3) is 1.18. The average molecular weight is 158 g/mol. The van der Waals surface area contributed by atoms with Gasteiger partial charge in [-0.05, 0) is 25.7 Å². The third-order valence-electron chi connectivity index (χ3n) is 3.43. The van der Waals surface area contributed by atoms with Crippen molar-refractivity contribution in [3.05, 3.63) is 0 Å². The van der Waals surface area contributed by atoms with E-state index in [9.17, 15) is 5.11 Å². The van der Waals surface area contributed by atoms with E-state index in [0.29, 0.717) is 0 Å². The molecule has 0 aliphatic heterocycles. The Kier molecular flexibility index (Phi) is 2.26. The number of aliphatic hydroxyl groups is 2. The van der Waals surface area contributed by atoms with Crippen LogP contribution in [-0.4, -0.2) is 22.4 Å². The number of aliphatic hydroxyl groups excluding tert-OH is 1. The Bertz CT molecular complexity index is 134. The first-order valence-electron chi connectivity index (χ1n) is 4.41. The summed E-state index contributed by atoms with van der Waals surface area (Å²) in [6.45, 7) is 4.08. The van der Waals surface area contributed by atoms with Crippen LogP contribution in [0.2, 0.25) is 0 Å². The van der Waals surface area contributed by atoms with Crippen LogP contribution in [0.25, 0.3) is 0 Å². The molecular formula is C9H18O2. The monoisotopic (exact) mass is 158 g/mol. The molecule has 0 saturated heterocycles. The van der Waals surface area contributed by atoms with Crippen LogP contribution >= 0.6 is 0 Å². The van der Waals surface area contributed by atoms with Gasteiger partial charge in [-0.3, -0.25) is 0 Å². The van der Waals surface area contributed by atoms with Crippen molar-refractivity contribution in [3.8, 4) is 0 Å². The highest BCUT2D eigenvalue weighted by Crippen LogP contribution is 2.47. The molecule has 1 aliphatic carbocycles. The van der Waals surface area contributed by atoms with E-state index in [0.717, 1.165) is 25.7 Å². The molecule has 11 heavy (non-hydrogen) atoms. The van der Waals surface area contributed by atoms with Gasteiger partial charge in [-0.25, -0.2) is 0 Å². The van der Waals surface area contributed by atoms with Gasteiger partial charge >= 0.3 is 0 Å². The van der Waals surface area contributed by atoms with E-state index in [1.807, 2.05) is 13.8 Å². The van der Waals surface area contributed by atoms with Gasteiger partial charge in [0.25, 0.3) is 0 Å². The molecule has 0 aromatic heterocycles. The van der Waals surface area contributed by atoms with Gasteiger partial charge in [0, 0.05) is 5.41 Å². The van der Waals surface area contributed by atoms with Crippen LogP contribution in [0.1, 0.15) is 39.5 Å². The molecule has 0 aromatic carbocycles. The molecule has 2 heteroatoms. The van der Waals surface area contributed by atoms with E-state index in [4.69, 9.17) is 5.11 Å². The molecule has 1 rings (SSSR count). The topological polar surface area (TPSA) is 40.5 Å². The highest BCUT2D eigenvalue weighted by Gasteiger charge is 2.49. The first-order chi connectivity index (χ1) is 5.08. The Balaban J connectivity index is 2.67. The van der Waals surface area contributed by atoms with Crippen LogP contribution < -0.4 is 0 Å². The molecule has 0 spiro atoms. The second-order valence-corrected chi connectivity index (χ2v) is 3.96. The van der Waals surface area contributed by atoms with Gasteiger partial charge in [-0.15, -0.1) is 0 Å². The lowest BCUT2D eigenvalue weighted by Crippen LogP contribution is -2.53. The summed E-state index contributed by atoms with van der Waals surface area (Å²) >= 11 is 0. The van der Waals surface area contributed by atoms with Gasteiger partial charge in [0.05, 0.1) is 12.2 Å². The molecule has 1 aliphatic rings. The Morgan fingerprint density at radius 1 is 1.45 bits per heavy atom. The Morgan fingerprint density at radius 2 is 2.00 bits per heavy atom. The van der Waals surface area contributed by atoms with Crippen LogP contribution in [0, 0.1) is 5.41 Å². The molecule has 0 bridgehead atoms. The summed E-state index contributed by atoms with van der Waals surface area (Å²) in [6, 6.07) is 0. The van der Waals surface area contributed by atoms with E-state index in [2.05, 4.69) is 0 Å². The largest absolute Gasteiger partial charge is 0.396 e. The van der Waals surface area contributed by atoms with E-state index >= 15 is 0 Å². The Labute approximate surface area is 68.2 Å². The molecule has 0 aromatic rings. The van der Waals surface area contributed by atoms with Crippen LogP contribution in [0.15, 0.2) is 0 Å². The zero-order chi connectivity index (χ0) is 8.54. The van der Waals surface area contributed by atoms with Gasteiger partial charge in [0.2, 0.25) is 0 Å². The summed E-state index contributed by atoms with van der Waals surface area (Å²) < 4.78 is 0. The average Bonchev–Trinajstić information content (AvgIpc) is 1.98. The highest BCUT2D eigenvalue weighted by molar-refractivity contribution is 5.00. The molecule has 1 unspecified atom stereocenters. The molecule has 1 fully saturated rings. The van der Waals surface area contributed by atoms with Gasteiger partial charge in [0.15, 0.2) is 0 Å².